The van der Waals surface area contributed by atoms with Crippen LogP contribution in [0, 0.1) is 0 Å². The fourth-order valence-electron chi connectivity index (χ4n) is 1.67. The van der Waals surface area contributed by atoms with Gasteiger partial charge in [0.2, 0.25) is 5.91 Å². The van der Waals surface area contributed by atoms with Crippen LogP contribution in [0.3, 0.4) is 0 Å². The highest BCUT2D eigenvalue weighted by Gasteiger charge is 2.20. The minimum Gasteiger partial charge on any atom is -0.495 e. The van der Waals surface area contributed by atoms with Gasteiger partial charge in [-0.3, -0.25) is 4.79 Å². The highest BCUT2D eigenvalue weighted by Crippen LogP contribution is 2.37. The smallest absolute Gasteiger partial charge is 0.221 e. The number of hydrogen-bond acceptors (Lipinski definition) is 4. The van der Waals surface area contributed by atoms with Gasteiger partial charge in [-0.2, -0.15) is 0 Å². The Morgan fingerprint density at radius 2 is 2.22 bits per heavy atom. The van der Waals surface area contributed by atoms with Crippen molar-refractivity contribution >= 4 is 23.2 Å². The molecule has 1 amide bonds. The summed E-state index contributed by atoms with van der Waals surface area (Å²) in [5, 5.41) is 15.9. The summed E-state index contributed by atoms with van der Waals surface area (Å²) in [6.45, 7) is 1.70. The van der Waals surface area contributed by atoms with E-state index in [-0.39, 0.29) is 5.91 Å². The molecule has 0 bridgehead atoms. The van der Waals surface area contributed by atoms with E-state index in [4.69, 9.17) is 16.3 Å². The van der Waals surface area contributed by atoms with Crippen molar-refractivity contribution in [2.45, 2.75) is 13.0 Å². The van der Waals surface area contributed by atoms with E-state index in [0.717, 1.165) is 0 Å². The Morgan fingerprint density at radius 3 is 2.72 bits per heavy atom. The van der Waals surface area contributed by atoms with Crippen molar-refractivity contribution in [2.75, 3.05) is 26.0 Å². The van der Waals surface area contributed by atoms with Gasteiger partial charge in [0, 0.05) is 24.1 Å². The Kier molecular flexibility index (Phi) is 5.40. The molecular weight excluding hydrogens is 256 g/mol. The molecule has 1 aromatic rings. The van der Waals surface area contributed by atoms with Crippen LogP contribution in [0.5, 0.6) is 5.75 Å². The zero-order valence-corrected chi connectivity index (χ0v) is 11.3. The Balaban J connectivity index is 3.30. The van der Waals surface area contributed by atoms with Gasteiger partial charge in [-0.1, -0.05) is 11.6 Å². The first kappa shape index (κ1) is 14.8. The van der Waals surface area contributed by atoms with Crippen molar-refractivity contribution in [3.8, 4) is 5.75 Å². The Labute approximate surface area is 111 Å². The number of aliphatic hydroxyl groups is 1. The predicted molar refractivity (Wildman–Crippen MR) is 71.2 cm³/mol. The number of hydrogen-bond donors (Lipinski definition) is 3. The summed E-state index contributed by atoms with van der Waals surface area (Å²) < 4.78 is 5.17. The highest BCUT2D eigenvalue weighted by atomic mass is 35.5. The zero-order valence-electron chi connectivity index (χ0n) is 10.6. The molecule has 0 saturated heterocycles. The second kappa shape index (κ2) is 6.58. The first-order chi connectivity index (χ1) is 8.51. The van der Waals surface area contributed by atoms with Crippen LogP contribution in [-0.4, -0.2) is 31.7 Å². The molecule has 0 spiro atoms. The number of anilines is 1. The molecule has 0 aliphatic heterocycles. The van der Waals surface area contributed by atoms with Gasteiger partial charge in [0.15, 0.2) is 0 Å². The first-order valence-electron chi connectivity index (χ1n) is 5.47. The number of carbonyl (C=O) groups is 1. The summed E-state index contributed by atoms with van der Waals surface area (Å²) in [6, 6.07) is 3.27. The first-order valence-corrected chi connectivity index (χ1v) is 5.85. The van der Waals surface area contributed by atoms with Crippen molar-refractivity contribution in [1.82, 2.24) is 5.32 Å². The van der Waals surface area contributed by atoms with Crippen molar-refractivity contribution in [3.63, 3.8) is 0 Å². The van der Waals surface area contributed by atoms with Crippen LogP contribution < -0.4 is 15.4 Å². The molecule has 1 atom stereocenters. The van der Waals surface area contributed by atoms with E-state index in [2.05, 4.69) is 10.6 Å². The molecule has 18 heavy (non-hydrogen) atoms. The van der Waals surface area contributed by atoms with Crippen molar-refractivity contribution in [1.29, 1.82) is 0 Å². The summed E-state index contributed by atoms with van der Waals surface area (Å²) in [5.74, 6) is 0.202. The summed E-state index contributed by atoms with van der Waals surface area (Å²) in [4.78, 5) is 11.2. The third kappa shape index (κ3) is 3.35. The maximum Gasteiger partial charge on any atom is 0.221 e. The van der Waals surface area contributed by atoms with E-state index in [0.29, 0.717) is 28.6 Å². The van der Waals surface area contributed by atoms with E-state index in [1.807, 2.05) is 0 Å². The molecule has 0 aliphatic carbocycles. The number of amides is 1. The third-order valence-electron chi connectivity index (χ3n) is 2.41. The Morgan fingerprint density at radius 1 is 1.56 bits per heavy atom. The number of nitrogens with one attached hydrogen (secondary N) is 2. The molecule has 6 heteroatoms. The molecule has 1 aromatic carbocycles. The summed E-state index contributed by atoms with van der Waals surface area (Å²) in [6.07, 6.45) is -0.834. The van der Waals surface area contributed by atoms with E-state index in [1.165, 1.54) is 14.0 Å². The van der Waals surface area contributed by atoms with Gasteiger partial charge in [0.25, 0.3) is 0 Å². The third-order valence-corrected chi connectivity index (χ3v) is 2.74. The van der Waals surface area contributed by atoms with Gasteiger partial charge < -0.3 is 20.5 Å². The minimum atomic E-state index is -0.834. The van der Waals surface area contributed by atoms with Crippen LogP contribution in [0.15, 0.2) is 12.1 Å². The van der Waals surface area contributed by atoms with Crippen LogP contribution in [0.1, 0.15) is 18.6 Å². The second-order valence-electron chi connectivity index (χ2n) is 3.79. The topological polar surface area (TPSA) is 70.6 Å². The number of halogens is 1. The monoisotopic (exact) mass is 272 g/mol. The largest absolute Gasteiger partial charge is 0.495 e. The molecular formula is C12H17ClN2O3. The molecule has 100 valence electrons. The van der Waals surface area contributed by atoms with Crippen molar-refractivity contribution < 1.29 is 14.6 Å². The maximum absolute atomic E-state index is 11.2. The lowest BCUT2D eigenvalue weighted by molar-refractivity contribution is -0.114. The molecule has 3 N–H and O–H groups in total. The molecule has 0 radical (unpaired) electrons. The number of benzene rings is 1. The van der Waals surface area contributed by atoms with Crippen molar-refractivity contribution in [2.24, 2.45) is 0 Å². The average Bonchev–Trinajstić information content (AvgIpc) is 2.29. The fourth-order valence-corrected chi connectivity index (χ4v) is 1.95. The van der Waals surface area contributed by atoms with Crippen molar-refractivity contribution in [3.05, 3.63) is 22.7 Å². The standard InChI is InChI=1S/C12H17ClN2O3/c1-7(16)15-12-10(18-3)5-4-8(13)11(12)9(17)6-14-2/h4-5,9,14,17H,6H2,1-3H3,(H,15,16). The quantitative estimate of drug-likeness (QED) is 0.761. The van der Waals surface area contributed by atoms with Gasteiger partial charge in [0.05, 0.1) is 18.9 Å². The Bertz CT molecular complexity index is 438. The Hall–Kier alpha value is -1.30. The molecule has 0 heterocycles. The van der Waals surface area contributed by atoms with Crippen LogP contribution in [-0.2, 0) is 4.79 Å². The lowest BCUT2D eigenvalue weighted by Crippen LogP contribution is -2.19. The second-order valence-corrected chi connectivity index (χ2v) is 4.20. The van der Waals surface area contributed by atoms with Gasteiger partial charge in [-0.25, -0.2) is 0 Å². The highest BCUT2D eigenvalue weighted by molar-refractivity contribution is 6.32. The molecule has 0 aliphatic rings. The average molecular weight is 273 g/mol. The van der Waals surface area contributed by atoms with Gasteiger partial charge in [-0.05, 0) is 19.2 Å². The molecule has 0 saturated carbocycles. The molecule has 1 unspecified atom stereocenters. The number of carbonyl (C=O) groups excluding carboxylic acids is 1. The van der Waals surface area contributed by atoms with Crippen LogP contribution >= 0.6 is 11.6 Å². The molecule has 1 rings (SSSR count). The summed E-state index contributed by atoms with van der Waals surface area (Å²) >= 11 is 6.08. The number of likely N-dealkylation sites (N-methyl/N-ethyl adjacent to an activating group) is 1. The van der Waals surface area contributed by atoms with E-state index in [1.54, 1.807) is 19.2 Å². The minimum absolute atomic E-state index is 0.256. The van der Waals surface area contributed by atoms with Gasteiger partial charge in [0.1, 0.15) is 5.75 Å². The van der Waals surface area contributed by atoms with E-state index >= 15 is 0 Å². The van der Waals surface area contributed by atoms with E-state index in [9.17, 15) is 9.90 Å². The van der Waals surface area contributed by atoms with Crippen LogP contribution in [0.2, 0.25) is 5.02 Å². The number of aliphatic hydroxyl groups excluding tert-OH is 1. The van der Waals surface area contributed by atoms with Gasteiger partial charge in [-0.15, -0.1) is 0 Å². The summed E-state index contributed by atoms with van der Waals surface area (Å²) in [7, 11) is 3.21. The number of methoxy groups -OCH3 is 1. The maximum atomic E-state index is 11.2. The van der Waals surface area contributed by atoms with Gasteiger partial charge >= 0.3 is 0 Å². The normalized spacial score (nSPS) is 12.1. The van der Waals surface area contributed by atoms with Crippen LogP contribution in [0.4, 0.5) is 5.69 Å². The van der Waals surface area contributed by atoms with Crippen LogP contribution in [0.25, 0.3) is 0 Å². The lowest BCUT2D eigenvalue weighted by Gasteiger charge is -2.19. The lowest BCUT2D eigenvalue weighted by atomic mass is 10.1. The number of rotatable bonds is 5. The summed E-state index contributed by atoms with van der Waals surface area (Å²) in [5.41, 5.74) is 0.848. The zero-order chi connectivity index (χ0) is 13.7. The SMILES string of the molecule is CNCC(O)c1c(Cl)ccc(OC)c1NC(C)=O. The molecule has 0 fully saturated rings. The number of ether oxygens (including phenoxy) is 1. The molecule has 0 aromatic heterocycles. The van der Waals surface area contributed by atoms with E-state index < -0.39 is 6.10 Å². The molecule has 5 nitrogen and oxygen atoms in total. The fraction of sp³-hybridized carbons (Fsp3) is 0.417. The predicted octanol–water partition coefficient (Wildman–Crippen LogP) is 1.56.